The van der Waals surface area contributed by atoms with Gasteiger partial charge in [-0.3, -0.25) is 29.0 Å². The van der Waals surface area contributed by atoms with Crippen LogP contribution in [0.4, 0.5) is 0 Å². The van der Waals surface area contributed by atoms with E-state index in [4.69, 9.17) is 4.74 Å². The Morgan fingerprint density at radius 2 is 1.62 bits per heavy atom. The third kappa shape index (κ3) is 3.45. The van der Waals surface area contributed by atoms with Gasteiger partial charge in [-0.05, 0) is 42.0 Å². The topological polar surface area (TPSA) is 95.3 Å². The molecule has 3 heterocycles. The Balaban J connectivity index is 1.62. The SMILES string of the molecule is COCC(=O)N1CC2N(C(=O)c3c(O)c(=O)ccn3N2C2c3ccccc3CCc3ccccc32)C1C. The van der Waals surface area contributed by atoms with Crippen LogP contribution in [0.5, 0.6) is 5.75 Å². The van der Waals surface area contributed by atoms with Gasteiger partial charge in [-0.15, -0.1) is 0 Å². The molecule has 2 amide bonds. The monoisotopic (exact) mass is 500 g/mol. The van der Waals surface area contributed by atoms with Crippen molar-refractivity contribution in [3.63, 3.8) is 0 Å². The maximum Gasteiger partial charge on any atom is 0.279 e. The van der Waals surface area contributed by atoms with Crippen LogP contribution in [0, 0.1) is 0 Å². The van der Waals surface area contributed by atoms with Crippen LogP contribution >= 0.6 is 0 Å². The van der Waals surface area contributed by atoms with Crippen LogP contribution in [0.25, 0.3) is 0 Å². The van der Waals surface area contributed by atoms with E-state index in [1.807, 2.05) is 29.3 Å². The number of ether oxygens (including phenoxy) is 1. The van der Waals surface area contributed by atoms with Gasteiger partial charge >= 0.3 is 0 Å². The number of carbonyl (C=O) groups excluding carboxylic acids is 2. The van der Waals surface area contributed by atoms with Crippen molar-refractivity contribution in [3.05, 3.63) is 99.0 Å². The second kappa shape index (κ2) is 8.77. The van der Waals surface area contributed by atoms with Gasteiger partial charge in [-0.2, -0.15) is 0 Å². The molecule has 2 aromatic carbocycles. The van der Waals surface area contributed by atoms with Crippen molar-refractivity contribution in [1.29, 1.82) is 0 Å². The first-order valence-electron chi connectivity index (χ1n) is 12.4. The van der Waals surface area contributed by atoms with E-state index in [0.29, 0.717) is 0 Å². The fourth-order valence-electron chi connectivity index (χ4n) is 6.10. The number of amides is 2. The van der Waals surface area contributed by atoms with E-state index in [-0.39, 0.29) is 30.8 Å². The van der Waals surface area contributed by atoms with Crippen molar-refractivity contribution in [2.24, 2.45) is 0 Å². The number of nitrogens with zero attached hydrogens (tertiary/aromatic N) is 4. The van der Waals surface area contributed by atoms with Gasteiger partial charge in [-0.25, -0.2) is 0 Å². The predicted molar refractivity (Wildman–Crippen MR) is 136 cm³/mol. The maximum atomic E-state index is 13.8. The number of carbonyl (C=O) groups is 2. The lowest BCUT2D eigenvalue weighted by Crippen LogP contribution is -2.62. The normalized spacial score (nSPS) is 20.7. The smallest absolute Gasteiger partial charge is 0.279 e. The van der Waals surface area contributed by atoms with Gasteiger partial charge < -0.3 is 14.7 Å². The first-order chi connectivity index (χ1) is 17.9. The fourth-order valence-corrected chi connectivity index (χ4v) is 6.10. The Bertz CT molecular complexity index is 1420. The summed E-state index contributed by atoms with van der Waals surface area (Å²) in [6.07, 6.45) is 2.14. The molecule has 9 nitrogen and oxygen atoms in total. The first-order valence-corrected chi connectivity index (χ1v) is 12.4. The van der Waals surface area contributed by atoms with E-state index in [1.165, 1.54) is 24.3 Å². The van der Waals surface area contributed by atoms with Gasteiger partial charge in [0.1, 0.15) is 18.9 Å². The Kier molecular flexibility index (Phi) is 5.52. The molecule has 1 aromatic heterocycles. The zero-order chi connectivity index (χ0) is 25.8. The summed E-state index contributed by atoms with van der Waals surface area (Å²) in [4.78, 5) is 42.5. The Labute approximate surface area is 214 Å². The number of fused-ring (bicyclic) bond motifs is 4. The van der Waals surface area contributed by atoms with E-state index in [9.17, 15) is 19.5 Å². The van der Waals surface area contributed by atoms with Gasteiger partial charge in [0, 0.05) is 19.4 Å². The summed E-state index contributed by atoms with van der Waals surface area (Å²) in [6, 6.07) is 17.4. The number of aromatic hydroxyl groups is 1. The largest absolute Gasteiger partial charge is 0.502 e. The van der Waals surface area contributed by atoms with Crippen LogP contribution in [0.2, 0.25) is 0 Å². The lowest BCUT2D eigenvalue weighted by molar-refractivity contribution is -0.136. The number of rotatable bonds is 3. The average molecular weight is 501 g/mol. The molecule has 0 saturated carbocycles. The van der Waals surface area contributed by atoms with Gasteiger partial charge in [0.15, 0.2) is 11.4 Å². The van der Waals surface area contributed by atoms with Crippen molar-refractivity contribution < 1.29 is 19.4 Å². The maximum absolute atomic E-state index is 13.8. The molecule has 6 rings (SSSR count). The number of pyridine rings is 1. The van der Waals surface area contributed by atoms with Crippen molar-refractivity contribution in [1.82, 2.24) is 14.5 Å². The van der Waals surface area contributed by atoms with E-state index < -0.39 is 29.4 Å². The Morgan fingerprint density at radius 1 is 1.00 bits per heavy atom. The molecule has 190 valence electrons. The van der Waals surface area contributed by atoms with Crippen LogP contribution in [0.3, 0.4) is 0 Å². The van der Waals surface area contributed by atoms with Crippen molar-refractivity contribution in [2.75, 3.05) is 25.3 Å². The second-order valence-corrected chi connectivity index (χ2v) is 9.71. The number of hydrogen-bond donors (Lipinski definition) is 1. The third-order valence-electron chi connectivity index (χ3n) is 7.80. The van der Waals surface area contributed by atoms with Gasteiger partial charge in [0.25, 0.3) is 5.91 Å². The van der Waals surface area contributed by atoms with Crippen molar-refractivity contribution >= 4 is 11.8 Å². The molecule has 2 unspecified atom stereocenters. The standard InChI is InChI=1S/C28H28N4O5/c1-17-29(24(34)16-37-2)15-23-31(17)28(36)26-27(35)22(33)13-14-30(26)32(23)25-20-9-5-3-7-18(20)11-12-19-8-4-6-10-21(19)25/h3-10,13-14,17,23,25,35H,11-12,15-16H2,1-2H3. The first kappa shape index (κ1) is 23.3. The highest BCUT2D eigenvalue weighted by Gasteiger charge is 2.52. The van der Waals surface area contributed by atoms with Gasteiger partial charge in [-0.1, -0.05) is 48.5 Å². The molecule has 1 aliphatic carbocycles. The van der Waals surface area contributed by atoms with E-state index in [1.54, 1.807) is 27.6 Å². The lowest BCUT2D eigenvalue weighted by Gasteiger charge is -2.47. The number of aromatic nitrogens is 1. The molecule has 1 N–H and O–H groups in total. The molecule has 3 aliphatic rings. The molecule has 0 bridgehead atoms. The Hall–Kier alpha value is -4.11. The molecular formula is C28H28N4O5. The average Bonchev–Trinajstić information content (AvgIpc) is 3.15. The summed E-state index contributed by atoms with van der Waals surface area (Å²) in [5.41, 5.74) is 3.82. The van der Waals surface area contributed by atoms with Crippen molar-refractivity contribution in [3.8, 4) is 5.75 Å². The highest BCUT2D eigenvalue weighted by atomic mass is 16.5. The third-order valence-corrected chi connectivity index (χ3v) is 7.80. The summed E-state index contributed by atoms with van der Waals surface area (Å²) in [6.45, 7) is 1.93. The summed E-state index contributed by atoms with van der Waals surface area (Å²) >= 11 is 0. The van der Waals surface area contributed by atoms with E-state index >= 15 is 0 Å². The van der Waals surface area contributed by atoms with Crippen LogP contribution in [-0.4, -0.2) is 64.0 Å². The summed E-state index contributed by atoms with van der Waals surface area (Å²) in [5.74, 6) is -1.33. The number of benzene rings is 2. The zero-order valence-corrected chi connectivity index (χ0v) is 20.7. The highest BCUT2D eigenvalue weighted by Crippen LogP contribution is 2.42. The molecule has 9 heteroatoms. The minimum absolute atomic E-state index is 0.101. The second-order valence-electron chi connectivity index (χ2n) is 9.71. The number of hydrogen-bond acceptors (Lipinski definition) is 6. The van der Waals surface area contributed by atoms with Crippen LogP contribution in [0.15, 0.2) is 65.6 Å². The molecule has 2 aliphatic heterocycles. The van der Waals surface area contributed by atoms with Crippen LogP contribution in [-0.2, 0) is 22.4 Å². The minimum Gasteiger partial charge on any atom is -0.502 e. The highest BCUT2D eigenvalue weighted by molar-refractivity contribution is 5.97. The van der Waals surface area contributed by atoms with E-state index in [2.05, 4.69) is 24.3 Å². The molecule has 1 saturated heterocycles. The molecular weight excluding hydrogens is 472 g/mol. The molecule has 1 fully saturated rings. The van der Waals surface area contributed by atoms with Crippen LogP contribution in [0.1, 0.15) is 45.7 Å². The van der Waals surface area contributed by atoms with E-state index in [0.717, 1.165) is 24.0 Å². The van der Waals surface area contributed by atoms with Gasteiger partial charge in [0.05, 0.1) is 12.6 Å². The summed E-state index contributed by atoms with van der Waals surface area (Å²) in [7, 11) is 1.46. The summed E-state index contributed by atoms with van der Waals surface area (Å²) in [5, 5.41) is 12.9. The van der Waals surface area contributed by atoms with Gasteiger partial charge in [0.2, 0.25) is 11.3 Å². The minimum atomic E-state index is -0.626. The molecule has 2 atom stereocenters. The van der Waals surface area contributed by atoms with Crippen molar-refractivity contribution in [2.45, 2.75) is 38.1 Å². The summed E-state index contributed by atoms with van der Waals surface area (Å²) < 4.78 is 6.71. The molecule has 37 heavy (non-hydrogen) atoms. The lowest BCUT2D eigenvalue weighted by atomic mass is 9.93. The molecule has 3 aromatic rings. The Morgan fingerprint density at radius 3 is 2.24 bits per heavy atom. The number of methoxy groups -OCH3 is 1. The van der Waals surface area contributed by atoms with Crippen LogP contribution < -0.4 is 10.4 Å². The number of aryl methyl sites for hydroxylation is 2. The quantitative estimate of drug-likeness (QED) is 0.591. The predicted octanol–water partition coefficient (Wildman–Crippen LogP) is 2.00. The molecule has 0 spiro atoms. The fraction of sp³-hybridized carbons (Fsp3) is 0.321. The molecule has 0 radical (unpaired) electrons. The zero-order valence-electron chi connectivity index (χ0n) is 20.7.